The average Bonchev–Trinajstić information content (AvgIpc) is 2.40. The lowest BCUT2D eigenvalue weighted by atomic mass is 10.1. The standard InChI is InChI=1S/C15H25NO2/c1-5-13(6-2)16(3)11-15(17)12-8-7-9-14(10-12)18-4/h7-10,13,15,17H,5-6,11H2,1-4H3. The molecule has 0 aliphatic rings. The first-order valence-electron chi connectivity index (χ1n) is 6.64. The number of rotatable bonds is 7. The van der Waals surface area contributed by atoms with E-state index in [0.717, 1.165) is 24.2 Å². The summed E-state index contributed by atoms with van der Waals surface area (Å²) < 4.78 is 5.18. The predicted octanol–water partition coefficient (Wildman–Crippen LogP) is 2.85. The van der Waals surface area contributed by atoms with Gasteiger partial charge in [0.05, 0.1) is 13.2 Å². The third kappa shape index (κ3) is 4.00. The molecule has 0 saturated carbocycles. The zero-order valence-corrected chi connectivity index (χ0v) is 11.9. The number of methoxy groups -OCH3 is 1. The Kier molecular flexibility index (Phi) is 6.16. The van der Waals surface area contributed by atoms with Crippen LogP contribution in [0.5, 0.6) is 5.75 Å². The van der Waals surface area contributed by atoms with Crippen LogP contribution in [0.3, 0.4) is 0 Å². The molecule has 0 aliphatic carbocycles. The second-order valence-corrected chi connectivity index (χ2v) is 4.70. The van der Waals surface area contributed by atoms with Gasteiger partial charge in [0, 0.05) is 12.6 Å². The van der Waals surface area contributed by atoms with Crippen molar-refractivity contribution in [2.45, 2.75) is 38.8 Å². The van der Waals surface area contributed by atoms with Crippen LogP contribution in [0.25, 0.3) is 0 Å². The highest BCUT2D eigenvalue weighted by molar-refractivity contribution is 5.29. The molecule has 3 heteroatoms. The number of hydrogen-bond donors (Lipinski definition) is 1. The molecule has 3 nitrogen and oxygen atoms in total. The van der Waals surface area contributed by atoms with Crippen LogP contribution in [-0.4, -0.2) is 36.8 Å². The van der Waals surface area contributed by atoms with E-state index < -0.39 is 6.10 Å². The van der Waals surface area contributed by atoms with Gasteiger partial charge in [-0.3, -0.25) is 0 Å². The Morgan fingerprint density at radius 1 is 1.28 bits per heavy atom. The van der Waals surface area contributed by atoms with E-state index in [2.05, 4.69) is 25.8 Å². The predicted molar refractivity (Wildman–Crippen MR) is 75.0 cm³/mol. The zero-order valence-electron chi connectivity index (χ0n) is 11.9. The minimum absolute atomic E-state index is 0.467. The molecule has 1 aromatic rings. The van der Waals surface area contributed by atoms with E-state index in [-0.39, 0.29) is 0 Å². The molecule has 1 N–H and O–H groups in total. The average molecular weight is 251 g/mol. The first kappa shape index (κ1) is 15.0. The first-order valence-corrected chi connectivity index (χ1v) is 6.64. The van der Waals surface area contributed by atoms with Crippen LogP contribution in [-0.2, 0) is 0 Å². The van der Waals surface area contributed by atoms with Crippen LogP contribution < -0.4 is 4.74 Å². The lowest BCUT2D eigenvalue weighted by Gasteiger charge is -2.28. The normalized spacial score (nSPS) is 13.1. The van der Waals surface area contributed by atoms with E-state index in [1.165, 1.54) is 0 Å². The largest absolute Gasteiger partial charge is 0.497 e. The van der Waals surface area contributed by atoms with Crippen molar-refractivity contribution < 1.29 is 9.84 Å². The van der Waals surface area contributed by atoms with Gasteiger partial charge in [-0.1, -0.05) is 26.0 Å². The molecule has 1 unspecified atom stereocenters. The van der Waals surface area contributed by atoms with Crippen LogP contribution >= 0.6 is 0 Å². The third-order valence-electron chi connectivity index (χ3n) is 3.51. The maximum Gasteiger partial charge on any atom is 0.119 e. The number of nitrogens with zero attached hydrogens (tertiary/aromatic N) is 1. The maximum absolute atomic E-state index is 10.3. The van der Waals surface area contributed by atoms with E-state index in [9.17, 15) is 5.11 Å². The molecule has 0 aliphatic heterocycles. The lowest BCUT2D eigenvalue weighted by molar-refractivity contribution is 0.101. The van der Waals surface area contributed by atoms with Gasteiger partial charge < -0.3 is 14.7 Å². The first-order chi connectivity index (χ1) is 8.62. The molecule has 1 rings (SSSR count). The molecule has 18 heavy (non-hydrogen) atoms. The molecule has 0 spiro atoms. The number of benzene rings is 1. The lowest BCUT2D eigenvalue weighted by Crippen LogP contribution is -2.34. The van der Waals surface area contributed by atoms with Crippen molar-refractivity contribution >= 4 is 0 Å². The van der Waals surface area contributed by atoms with Crippen LogP contribution in [0.1, 0.15) is 38.4 Å². The van der Waals surface area contributed by atoms with Crippen molar-refractivity contribution in [3.05, 3.63) is 29.8 Å². The van der Waals surface area contributed by atoms with E-state index in [1.54, 1.807) is 7.11 Å². The quantitative estimate of drug-likeness (QED) is 0.809. The van der Waals surface area contributed by atoms with Crippen LogP contribution in [0.2, 0.25) is 0 Å². The van der Waals surface area contributed by atoms with Crippen molar-refractivity contribution in [3.8, 4) is 5.75 Å². The Morgan fingerprint density at radius 3 is 2.50 bits per heavy atom. The Balaban J connectivity index is 2.66. The van der Waals surface area contributed by atoms with Crippen LogP contribution in [0, 0.1) is 0 Å². The third-order valence-corrected chi connectivity index (χ3v) is 3.51. The Morgan fingerprint density at radius 2 is 1.94 bits per heavy atom. The molecule has 0 saturated heterocycles. The van der Waals surface area contributed by atoms with Gasteiger partial charge in [0.2, 0.25) is 0 Å². The van der Waals surface area contributed by atoms with Crippen LogP contribution in [0.4, 0.5) is 0 Å². The molecule has 0 bridgehead atoms. The molecular weight excluding hydrogens is 226 g/mol. The fourth-order valence-electron chi connectivity index (χ4n) is 2.29. The number of aliphatic hydroxyl groups excluding tert-OH is 1. The number of hydrogen-bond acceptors (Lipinski definition) is 3. The monoisotopic (exact) mass is 251 g/mol. The fraction of sp³-hybridized carbons (Fsp3) is 0.600. The summed E-state index contributed by atoms with van der Waals surface area (Å²) in [4.78, 5) is 2.23. The van der Waals surface area contributed by atoms with Crippen molar-refractivity contribution in [2.75, 3.05) is 20.7 Å². The summed E-state index contributed by atoms with van der Waals surface area (Å²) in [6, 6.07) is 8.17. The Bertz CT molecular complexity index is 350. The van der Waals surface area contributed by atoms with E-state index in [1.807, 2.05) is 24.3 Å². The molecule has 0 amide bonds. The second-order valence-electron chi connectivity index (χ2n) is 4.70. The van der Waals surface area contributed by atoms with Crippen molar-refractivity contribution in [3.63, 3.8) is 0 Å². The summed E-state index contributed by atoms with van der Waals surface area (Å²) in [5.74, 6) is 0.789. The molecule has 0 aromatic heterocycles. The van der Waals surface area contributed by atoms with Gasteiger partial charge in [-0.25, -0.2) is 0 Å². The van der Waals surface area contributed by atoms with Gasteiger partial charge in [-0.15, -0.1) is 0 Å². The molecule has 0 radical (unpaired) electrons. The summed E-state index contributed by atoms with van der Waals surface area (Å²) in [6.45, 7) is 5.02. The number of likely N-dealkylation sites (N-methyl/N-ethyl adjacent to an activating group) is 1. The molecule has 0 fully saturated rings. The van der Waals surface area contributed by atoms with Gasteiger partial charge in [0.15, 0.2) is 0 Å². The molecule has 1 atom stereocenters. The molecule has 0 heterocycles. The molecule has 1 aromatic carbocycles. The van der Waals surface area contributed by atoms with Gasteiger partial charge >= 0.3 is 0 Å². The van der Waals surface area contributed by atoms with Crippen molar-refractivity contribution in [1.82, 2.24) is 4.90 Å². The van der Waals surface area contributed by atoms with Crippen molar-refractivity contribution in [1.29, 1.82) is 0 Å². The second kappa shape index (κ2) is 7.39. The minimum Gasteiger partial charge on any atom is -0.497 e. The highest BCUT2D eigenvalue weighted by Gasteiger charge is 2.16. The summed E-state index contributed by atoms with van der Waals surface area (Å²) in [7, 11) is 3.71. The van der Waals surface area contributed by atoms with Gasteiger partial charge in [0.1, 0.15) is 5.75 Å². The molecular formula is C15H25NO2. The minimum atomic E-state index is -0.467. The molecule has 102 valence electrons. The summed E-state index contributed by atoms with van der Waals surface area (Å²) in [6.07, 6.45) is 1.75. The number of ether oxygens (including phenoxy) is 1. The van der Waals surface area contributed by atoms with Crippen LogP contribution in [0.15, 0.2) is 24.3 Å². The highest BCUT2D eigenvalue weighted by Crippen LogP contribution is 2.20. The fourth-order valence-corrected chi connectivity index (χ4v) is 2.29. The smallest absolute Gasteiger partial charge is 0.119 e. The van der Waals surface area contributed by atoms with Gasteiger partial charge in [0.25, 0.3) is 0 Å². The van der Waals surface area contributed by atoms with E-state index in [0.29, 0.717) is 12.6 Å². The summed E-state index contributed by atoms with van der Waals surface area (Å²) in [5.41, 5.74) is 0.909. The SMILES string of the molecule is CCC(CC)N(C)CC(O)c1cccc(OC)c1. The van der Waals surface area contributed by atoms with Crippen molar-refractivity contribution in [2.24, 2.45) is 0 Å². The Labute approximate surface area is 110 Å². The van der Waals surface area contributed by atoms with Gasteiger partial charge in [-0.2, -0.15) is 0 Å². The Hall–Kier alpha value is -1.06. The topological polar surface area (TPSA) is 32.7 Å². The van der Waals surface area contributed by atoms with E-state index in [4.69, 9.17) is 4.74 Å². The maximum atomic E-state index is 10.3. The van der Waals surface area contributed by atoms with Gasteiger partial charge in [-0.05, 0) is 37.6 Å². The van der Waals surface area contributed by atoms with E-state index >= 15 is 0 Å². The zero-order chi connectivity index (χ0) is 13.5. The summed E-state index contributed by atoms with van der Waals surface area (Å²) in [5, 5.41) is 10.3. The summed E-state index contributed by atoms with van der Waals surface area (Å²) >= 11 is 0. The highest BCUT2D eigenvalue weighted by atomic mass is 16.5. The number of aliphatic hydroxyl groups is 1.